The highest BCUT2D eigenvalue weighted by molar-refractivity contribution is 4.69. The molecule has 0 aliphatic carbocycles. The quantitative estimate of drug-likeness (QED) is 0.682. The van der Waals surface area contributed by atoms with Gasteiger partial charge in [-0.3, -0.25) is 0 Å². The van der Waals surface area contributed by atoms with Crippen molar-refractivity contribution in [3.8, 4) is 0 Å². The topological polar surface area (TPSA) is 41.5 Å². The van der Waals surface area contributed by atoms with Gasteiger partial charge in [-0.15, -0.1) is 0 Å². The van der Waals surface area contributed by atoms with Crippen molar-refractivity contribution >= 4 is 0 Å². The summed E-state index contributed by atoms with van der Waals surface area (Å²) < 4.78 is 5.56. The maximum Gasteiger partial charge on any atom is 0.0649 e. The number of aliphatic hydroxyl groups is 1. The highest BCUT2D eigenvalue weighted by Gasteiger charge is 2.14. The molecule has 80 valence electrons. The zero-order chi connectivity index (χ0) is 10.5. The Morgan fingerprint density at radius 1 is 1.31 bits per heavy atom. The third-order valence-electron chi connectivity index (χ3n) is 1.51. The predicted octanol–water partition coefficient (Wildman–Crippen LogP) is 1.16. The van der Waals surface area contributed by atoms with Crippen LogP contribution in [0, 0.1) is 0 Å². The highest BCUT2D eigenvalue weighted by atomic mass is 16.5. The number of ether oxygens (including phenoxy) is 1. The Bertz CT molecular complexity index is 129. The van der Waals surface area contributed by atoms with E-state index < -0.39 is 0 Å². The van der Waals surface area contributed by atoms with E-state index >= 15 is 0 Å². The smallest absolute Gasteiger partial charge is 0.0649 e. The average molecular weight is 189 g/mol. The van der Waals surface area contributed by atoms with Crippen LogP contribution in [-0.2, 0) is 4.74 Å². The van der Waals surface area contributed by atoms with Crippen LogP contribution in [0.3, 0.4) is 0 Å². The zero-order valence-corrected chi connectivity index (χ0v) is 9.42. The molecular formula is C10H23NO2. The minimum Gasteiger partial charge on any atom is -0.395 e. The van der Waals surface area contributed by atoms with Gasteiger partial charge in [-0.25, -0.2) is 0 Å². The standard InChI is InChI=1S/C10H23NO2/c1-8(2)11-9(6-12)7-13-10(3,4)5/h8-9,11-12H,6-7H2,1-5H3. The van der Waals surface area contributed by atoms with E-state index in [1.54, 1.807) is 0 Å². The Morgan fingerprint density at radius 3 is 2.15 bits per heavy atom. The van der Waals surface area contributed by atoms with E-state index in [1.807, 2.05) is 20.8 Å². The monoisotopic (exact) mass is 189 g/mol. The van der Waals surface area contributed by atoms with Crippen LogP contribution in [0.25, 0.3) is 0 Å². The van der Waals surface area contributed by atoms with Gasteiger partial charge in [0.1, 0.15) is 0 Å². The van der Waals surface area contributed by atoms with Crippen LogP contribution in [0.4, 0.5) is 0 Å². The number of nitrogens with one attached hydrogen (secondary N) is 1. The lowest BCUT2D eigenvalue weighted by Gasteiger charge is -2.25. The molecule has 0 aromatic heterocycles. The molecule has 0 spiro atoms. The number of hydrogen-bond acceptors (Lipinski definition) is 3. The van der Waals surface area contributed by atoms with E-state index in [-0.39, 0.29) is 18.2 Å². The Balaban J connectivity index is 3.72. The summed E-state index contributed by atoms with van der Waals surface area (Å²) in [4.78, 5) is 0. The Labute approximate surface area is 81.5 Å². The van der Waals surface area contributed by atoms with Crippen molar-refractivity contribution in [2.24, 2.45) is 0 Å². The predicted molar refractivity (Wildman–Crippen MR) is 54.9 cm³/mol. The van der Waals surface area contributed by atoms with Crippen LogP contribution in [0.15, 0.2) is 0 Å². The van der Waals surface area contributed by atoms with Crippen LogP contribution >= 0.6 is 0 Å². The summed E-state index contributed by atoms with van der Waals surface area (Å²) in [5.41, 5.74) is -0.133. The lowest BCUT2D eigenvalue weighted by Crippen LogP contribution is -2.42. The molecule has 2 N–H and O–H groups in total. The second-order valence-electron chi connectivity index (χ2n) is 4.62. The van der Waals surface area contributed by atoms with E-state index in [1.165, 1.54) is 0 Å². The summed E-state index contributed by atoms with van der Waals surface area (Å²) in [5, 5.41) is 12.3. The van der Waals surface area contributed by atoms with E-state index in [0.29, 0.717) is 12.6 Å². The van der Waals surface area contributed by atoms with Crippen molar-refractivity contribution in [1.29, 1.82) is 0 Å². The molecule has 13 heavy (non-hydrogen) atoms. The maximum atomic E-state index is 9.03. The van der Waals surface area contributed by atoms with Gasteiger partial charge < -0.3 is 15.2 Å². The molecule has 0 heterocycles. The van der Waals surface area contributed by atoms with Crippen LogP contribution in [0.5, 0.6) is 0 Å². The summed E-state index contributed by atoms with van der Waals surface area (Å²) in [6.07, 6.45) is 0. The summed E-state index contributed by atoms with van der Waals surface area (Å²) in [6.45, 7) is 10.8. The van der Waals surface area contributed by atoms with Crippen LogP contribution < -0.4 is 5.32 Å². The first-order valence-electron chi connectivity index (χ1n) is 4.86. The normalized spacial score (nSPS) is 15.0. The second kappa shape index (κ2) is 5.58. The van der Waals surface area contributed by atoms with Crippen molar-refractivity contribution < 1.29 is 9.84 Å². The third kappa shape index (κ3) is 8.22. The molecule has 0 fully saturated rings. The summed E-state index contributed by atoms with van der Waals surface area (Å²) in [6, 6.07) is 0.417. The molecule has 0 saturated carbocycles. The maximum absolute atomic E-state index is 9.03. The molecular weight excluding hydrogens is 166 g/mol. The molecule has 0 aliphatic heterocycles. The second-order valence-corrected chi connectivity index (χ2v) is 4.62. The van der Waals surface area contributed by atoms with Gasteiger partial charge in [0, 0.05) is 6.04 Å². The Hall–Kier alpha value is -0.120. The molecule has 3 nitrogen and oxygen atoms in total. The van der Waals surface area contributed by atoms with Crippen molar-refractivity contribution in [2.75, 3.05) is 13.2 Å². The number of aliphatic hydroxyl groups excluding tert-OH is 1. The van der Waals surface area contributed by atoms with E-state index in [9.17, 15) is 0 Å². The molecule has 0 saturated heterocycles. The fourth-order valence-corrected chi connectivity index (χ4v) is 0.976. The first kappa shape index (κ1) is 12.9. The summed E-state index contributed by atoms with van der Waals surface area (Å²) >= 11 is 0. The lowest BCUT2D eigenvalue weighted by molar-refractivity contribution is -0.0224. The minimum atomic E-state index is -0.133. The first-order chi connectivity index (χ1) is 5.85. The third-order valence-corrected chi connectivity index (χ3v) is 1.51. The van der Waals surface area contributed by atoms with Gasteiger partial charge >= 0.3 is 0 Å². The van der Waals surface area contributed by atoms with Crippen molar-refractivity contribution in [3.63, 3.8) is 0 Å². The van der Waals surface area contributed by atoms with Gasteiger partial charge in [0.05, 0.1) is 24.9 Å². The molecule has 0 radical (unpaired) electrons. The Morgan fingerprint density at radius 2 is 1.85 bits per heavy atom. The van der Waals surface area contributed by atoms with Gasteiger partial charge in [0.2, 0.25) is 0 Å². The lowest BCUT2D eigenvalue weighted by atomic mass is 10.2. The minimum absolute atomic E-state index is 0.0409. The fourth-order valence-electron chi connectivity index (χ4n) is 0.976. The van der Waals surface area contributed by atoms with Crippen LogP contribution in [-0.4, -0.2) is 36.0 Å². The number of hydrogen-bond donors (Lipinski definition) is 2. The van der Waals surface area contributed by atoms with Crippen LogP contribution in [0.1, 0.15) is 34.6 Å². The number of rotatable bonds is 5. The molecule has 0 aliphatic rings. The van der Waals surface area contributed by atoms with Gasteiger partial charge in [0.15, 0.2) is 0 Å². The van der Waals surface area contributed by atoms with Crippen LogP contribution in [0.2, 0.25) is 0 Å². The molecule has 0 aromatic rings. The van der Waals surface area contributed by atoms with Crippen molar-refractivity contribution in [2.45, 2.75) is 52.3 Å². The van der Waals surface area contributed by atoms with E-state index in [2.05, 4.69) is 19.2 Å². The molecule has 0 aromatic carbocycles. The first-order valence-corrected chi connectivity index (χ1v) is 4.86. The van der Waals surface area contributed by atoms with Gasteiger partial charge in [0.25, 0.3) is 0 Å². The molecule has 0 bridgehead atoms. The van der Waals surface area contributed by atoms with E-state index in [4.69, 9.17) is 9.84 Å². The largest absolute Gasteiger partial charge is 0.395 e. The zero-order valence-electron chi connectivity index (χ0n) is 9.42. The van der Waals surface area contributed by atoms with Gasteiger partial charge in [-0.2, -0.15) is 0 Å². The highest BCUT2D eigenvalue weighted by Crippen LogP contribution is 2.07. The molecule has 0 rings (SSSR count). The van der Waals surface area contributed by atoms with Crippen molar-refractivity contribution in [1.82, 2.24) is 5.32 Å². The molecule has 1 atom stereocenters. The van der Waals surface area contributed by atoms with Gasteiger partial charge in [-0.1, -0.05) is 13.8 Å². The Kier molecular flexibility index (Phi) is 5.53. The average Bonchev–Trinajstić information content (AvgIpc) is 1.95. The summed E-state index contributed by atoms with van der Waals surface area (Å²) in [5.74, 6) is 0. The van der Waals surface area contributed by atoms with E-state index in [0.717, 1.165) is 0 Å². The summed E-state index contributed by atoms with van der Waals surface area (Å²) in [7, 11) is 0. The fraction of sp³-hybridized carbons (Fsp3) is 1.00. The molecule has 0 amide bonds. The molecule has 1 unspecified atom stereocenters. The SMILES string of the molecule is CC(C)NC(CO)COC(C)(C)C. The van der Waals surface area contributed by atoms with Gasteiger partial charge in [-0.05, 0) is 20.8 Å². The van der Waals surface area contributed by atoms with Crippen molar-refractivity contribution in [3.05, 3.63) is 0 Å². The molecule has 3 heteroatoms.